The lowest BCUT2D eigenvalue weighted by Crippen LogP contribution is -2.48. The number of carbonyl (C=O) groups excluding carboxylic acids is 3. The summed E-state index contributed by atoms with van der Waals surface area (Å²) >= 11 is 6.49. The van der Waals surface area contributed by atoms with Crippen LogP contribution in [0.4, 0.5) is 5.69 Å². The number of carbonyl (C=O) groups is 3. The van der Waals surface area contributed by atoms with E-state index < -0.39 is 0 Å². The summed E-state index contributed by atoms with van der Waals surface area (Å²) in [6, 6.07) is 5.57. The predicted octanol–water partition coefficient (Wildman–Crippen LogP) is 2.24. The molecule has 6 nitrogen and oxygen atoms in total. The molecule has 0 bridgehead atoms. The molecule has 1 aromatic carbocycles. The van der Waals surface area contributed by atoms with E-state index in [1.165, 1.54) is 7.11 Å². The molecule has 1 saturated heterocycles. The number of para-hydroxylation sites is 1. The largest absolute Gasteiger partial charge is 0.469 e. The van der Waals surface area contributed by atoms with E-state index in [0.717, 1.165) is 11.3 Å². The van der Waals surface area contributed by atoms with Crippen molar-refractivity contribution in [1.29, 1.82) is 0 Å². The second kappa shape index (κ2) is 7.66. The van der Waals surface area contributed by atoms with Crippen LogP contribution in [-0.2, 0) is 19.1 Å². The molecule has 1 aliphatic carbocycles. The van der Waals surface area contributed by atoms with Crippen molar-refractivity contribution < 1.29 is 19.1 Å². The van der Waals surface area contributed by atoms with E-state index in [1.54, 1.807) is 11.8 Å². The number of anilines is 1. The zero-order chi connectivity index (χ0) is 18.8. The molecule has 1 aliphatic heterocycles. The van der Waals surface area contributed by atoms with Gasteiger partial charge in [-0.2, -0.15) is 0 Å². The summed E-state index contributed by atoms with van der Waals surface area (Å²) in [5, 5.41) is 0.591. The standard InChI is InChI=1S/C19H23ClN2O4/c1-12(23)21-6-8-22(9-7-21)18-14(4-3-5-16(18)20)15-10-13(11-17(15)24)19(25)26-2/h3-5,13,15H,6-11H2,1-2H3/t13-,15+/m0/s1. The average Bonchev–Trinajstić information content (AvgIpc) is 3.02. The summed E-state index contributed by atoms with van der Waals surface area (Å²) in [4.78, 5) is 39.9. The van der Waals surface area contributed by atoms with Crippen molar-refractivity contribution in [3.05, 3.63) is 28.8 Å². The normalized spacial score (nSPS) is 23.3. The molecule has 2 fully saturated rings. The van der Waals surface area contributed by atoms with Crippen LogP contribution in [0.2, 0.25) is 5.02 Å². The number of hydrogen-bond acceptors (Lipinski definition) is 5. The van der Waals surface area contributed by atoms with Crippen LogP contribution >= 0.6 is 11.6 Å². The van der Waals surface area contributed by atoms with E-state index >= 15 is 0 Å². The number of halogens is 1. The quantitative estimate of drug-likeness (QED) is 0.755. The molecule has 140 valence electrons. The summed E-state index contributed by atoms with van der Waals surface area (Å²) in [5.41, 5.74) is 1.71. The van der Waals surface area contributed by atoms with Crippen LogP contribution in [0.1, 0.15) is 31.2 Å². The first-order chi connectivity index (χ1) is 12.4. The molecule has 0 aromatic heterocycles. The van der Waals surface area contributed by atoms with Gasteiger partial charge in [-0.3, -0.25) is 14.4 Å². The van der Waals surface area contributed by atoms with Crippen LogP contribution in [0.3, 0.4) is 0 Å². The maximum atomic E-state index is 12.6. The second-order valence-electron chi connectivity index (χ2n) is 6.85. The van der Waals surface area contributed by atoms with Gasteiger partial charge in [0.25, 0.3) is 0 Å². The van der Waals surface area contributed by atoms with Crippen LogP contribution in [0.25, 0.3) is 0 Å². The van der Waals surface area contributed by atoms with Gasteiger partial charge in [0, 0.05) is 45.4 Å². The van der Waals surface area contributed by atoms with E-state index in [9.17, 15) is 14.4 Å². The summed E-state index contributed by atoms with van der Waals surface area (Å²) in [6.07, 6.45) is 0.660. The van der Waals surface area contributed by atoms with Gasteiger partial charge in [0.15, 0.2) is 0 Å². The van der Waals surface area contributed by atoms with E-state index in [1.807, 2.05) is 18.2 Å². The Labute approximate surface area is 158 Å². The van der Waals surface area contributed by atoms with Crippen molar-refractivity contribution in [2.45, 2.75) is 25.7 Å². The number of hydrogen-bond donors (Lipinski definition) is 0. The van der Waals surface area contributed by atoms with E-state index in [-0.39, 0.29) is 35.9 Å². The number of ketones is 1. The number of Topliss-reactive ketones (excluding diaryl/α,β-unsaturated/α-hetero) is 1. The highest BCUT2D eigenvalue weighted by Crippen LogP contribution is 2.43. The number of benzene rings is 1. The van der Waals surface area contributed by atoms with E-state index in [2.05, 4.69) is 4.90 Å². The molecule has 0 unspecified atom stereocenters. The number of rotatable bonds is 3. The number of nitrogens with zero attached hydrogens (tertiary/aromatic N) is 2. The molecule has 2 aliphatic rings. The van der Waals surface area contributed by atoms with Crippen LogP contribution in [-0.4, -0.2) is 55.8 Å². The van der Waals surface area contributed by atoms with Gasteiger partial charge in [-0.1, -0.05) is 23.7 Å². The lowest BCUT2D eigenvalue weighted by atomic mass is 9.93. The molecule has 0 spiro atoms. The van der Waals surface area contributed by atoms with Crippen LogP contribution in [0.15, 0.2) is 18.2 Å². The molecule has 1 heterocycles. The van der Waals surface area contributed by atoms with Gasteiger partial charge in [-0.15, -0.1) is 0 Å². The molecular weight excluding hydrogens is 356 g/mol. The number of amides is 1. The molecule has 2 atom stereocenters. The Bertz CT molecular complexity index is 728. The first-order valence-electron chi connectivity index (χ1n) is 8.81. The van der Waals surface area contributed by atoms with Crippen molar-refractivity contribution in [3.63, 3.8) is 0 Å². The molecule has 1 aromatic rings. The van der Waals surface area contributed by atoms with Crippen molar-refractivity contribution in [2.75, 3.05) is 38.2 Å². The first kappa shape index (κ1) is 18.7. The Morgan fingerprint density at radius 3 is 2.50 bits per heavy atom. The lowest BCUT2D eigenvalue weighted by molar-refractivity contribution is -0.145. The van der Waals surface area contributed by atoms with Gasteiger partial charge in [0.1, 0.15) is 5.78 Å². The molecule has 26 heavy (non-hydrogen) atoms. The van der Waals surface area contributed by atoms with Crippen molar-refractivity contribution in [3.8, 4) is 0 Å². The minimum atomic E-state index is -0.390. The minimum Gasteiger partial charge on any atom is -0.469 e. The third-order valence-corrected chi connectivity index (χ3v) is 5.63. The molecule has 7 heteroatoms. The van der Waals surface area contributed by atoms with Gasteiger partial charge in [0.05, 0.1) is 23.7 Å². The highest BCUT2D eigenvalue weighted by Gasteiger charge is 2.40. The minimum absolute atomic E-state index is 0.0475. The Kier molecular flexibility index (Phi) is 5.51. The fourth-order valence-electron chi connectivity index (χ4n) is 3.92. The zero-order valence-corrected chi connectivity index (χ0v) is 15.8. The highest BCUT2D eigenvalue weighted by atomic mass is 35.5. The van der Waals surface area contributed by atoms with Crippen molar-refractivity contribution in [2.24, 2.45) is 5.92 Å². The average molecular weight is 379 g/mol. The van der Waals surface area contributed by atoms with Crippen LogP contribution in [0.5, 0.6) is 0 Å². The monoisotopic (exact) mass is 378 g/mol. The topological polar surface area (TPSA) is 66.9 Å². The number of ether oxygens (including phenoxy) is 1. The smallest absolute Gasteiger partial charge is 0.309 e. The van der Waals surface area contributed by atoms with Gasteiger partial charge in [0.2, 0.25) is 5.91 Å². The van der Waals surface area contributed by atoms with Crippen LogP contribution in [0, 0.1) is 5.92 Å². The molecule has 3 rings (SSSR count). The predicted molar refractivity (Wildman–Crippen MR) is 98.4 cm³/mol. The third-order valence-electron chi connectivity index (χ3n) is 5.33. The summed E-state index contributed by atoms with van der Waals surface area (Å²) < 4.78 is 4.81. The maximum Gasteiger partial charge on any atom is 0.309 e. The summed E-state index contributed by atoms with van der Waals surface area (Å²) in [7, 11) is 1.35. The fourth-order valence-corrected chi connectivity index (χ4v) is 4.22. The lowest BCUT2D eigenvalue weighted by Gasteiger charge is -2.37. The maximum absolute atomic E-state index is 12.6. The second-order valence-corrected chi connectivity index (χ2v) is 7.26. The third kappa shape index (κ3) is 3.56. The van der Waals surface area contributed by atoms with E-state index in [0.29, 0.717) is 37.6 Å². The number of methoxy groups -OCH3 is 1. The fraction of sp³-hybridized carbons (Fsp3) is 0.526. The number of esters is 1. The van der Waals surface area contributed by atoms with Crippen LogP contribution < -0.4 is 4.90 Å². The highest BCUT2D eigenvalue weighted by molar-refractivity contribution is 6.33. The van der Waals surface area contributed by atoms with Crippen molar-refractivity contribution in [1.82, 2.24) is 4.90 Å². The first-order valence-corrected chi connectivity index (χ1v) is 9.19. The van der Waals surface area contributed by atoms with Crippen molar-refractivity contribution >= 4 is 34.9 Å². The summed E-state index contributed by atoms with van der Waals surface area (Å²) in [6.45, 7) is 4.16. The van der Waals surface area contributed by atoms with Gasteiger partial charge >= 0.3 is 5.97 Å². The van der Waals surface area contributed by atoms with E-state index in [4.69, 9.17) is 16.3 Å². The SMILES string of the molecule is COC(=O)[C@@H]1CC(=O)[C@@H](c2cccc(Cl)c2N2CCN(C(C)=O)CC2)C1. The molecule has 0 radical (unpaired) electrons. The molecule has 0 N–H and O–H groups in total. The Morgan fingerprint density at radius 1 is 1.19 bits per heavy atom. The van der Waals surface area contributed by atoms with Gasteiger partial charge in [-0.25, -0.2) is 0 Å². The number of piperazine rings is 1. The molecule has 1 saturated carbocycles. The van der Waals surface area contributed by atoms with Gasteiger partial charge < -0.3 is 14.5 Å². The molecule has 1 amide bonds. The Hall–Kier alpha value is -2.08. The summed E-state index contributed by atoms with van der Waals surface area (Å²) in [5.74, 6) is -0.959. The molecular formula is C19H23ClN2O4. The van der Waals surface area contributed by atoms with Gasteiger partial charge in [-0.05, 0) is 18.1 Å². The zero-order valence-electron chi connectivity index (χ0n) is 15.0. The Balaban J connectivity index is 1.86. The Morgan fingerprint density at radius 2 is 1.88 bits per heavy atom.